The van der Waals surface area contributed by atoms with E-state index < -0.39 is 6.10 Å². The summed E-state index contributed by atoms with van der Waals surface area (Å²) in [5.74, 6) is 0.239. The summed E-state index contributed by atoms with van der Waals surface area (Å²) in [5, 5.41) is 2.59. The van der Waals surface area contributed by atoms with Gasteiger partial charge in [0.2, 0.25) is 5.91 Å². The number of benzene rings is 2. The molecule has 0 aliphatic carbocycles. The molecule has 2 aromatic rings. The van der Waals surface area contributed by atoms with Gasteiger partial charge in [-0.2, -0.15) is 0 Å². The molecule has 3 rings (SSSR count). The lowest BCUT2D eigenvalue weighted by molar-refractivity contribution is -0.128. The van der Waals surface area contributed by atoms with E-state index in [0.29, 0.717) is 11.4 Å². The van der Waals surface area contributed by atoms with Crippen LogP contribution in [0.2, 0.25) is 0 Å². The molecule has 2 unspecified atom stereocenters. The molecule has 142 valence electrons. The average Bonchev–Trinajstić information content (AvgIpc) is 2.72. The first-order valence-electron chi connectivity index (χ1n) is 9.04. The minimum absolute atomic E-state index is 0.0649. The van der Waals surface area contributed by atoms with Crippen LogP contribution in [0.4, 0.5) is 5.69 Å². The molecule has 1 aliphatic heterocycles. The largest absolute Gasteiger partial charge is 0.477 e. The number of ether oxygens (including phenoxy) is 1. The van der Waals surface area contributed by atoms with Crippen molar-refractivity contribution in [1.82, 2.24) is 10.2 Å². The topological polar surface area (TPSA) is 61.9 Å². The Morgan fingerprint density at radius 1 is 1.19 bits per heavy atom. The van der Waals surface area contributed by atoms with Gasteiger partial charge in [-0.15, -0.1) is 0 Å². The number of para-hydroxylation sites is 2. The smallest absolute Gasteiger partial charge is 0.262 e. The minimum Gasteiger partial charge on any atom is -0.477 e. The van der Waals surface area contributed by atoms with Gasteiger partial charge >= 0.3 is 0 Å². The molecule has 27 heavy (non-hydrogen) atoms. The molecule has 1 heterocycles. The van der Waals surface area contributed by atoms with Crippen molar-refractivity contribution < 1.29 is 14.3 Å². The van der Waals surface area contributed by atoms with Gasteiger partial charge < -0.3 is 15.0 Å². The average molecular weight is 367 g/mol. The van der Waals surface area contributed by atoms with Crippen LogP contribution >= 0.6 is 0 Å². The number of hydrogen-bond donors (Lipinski definition) is 1. The monoisotopic (exact) mass is 367 g/mol. The summed E-state index contributed by atoms with van der Waals surface area (Å²) < 4.78 is 5.77. The van der Waals surface area contributed by atoms with Gasteiger partial charge in [-0.3, -0.25) is 14.5 Å². The molecular weight excluding hydrogens is 342 g/mol. The quantitative estimate of drug-likeness (QED) is 0.880. The Labute approximate surface area is 159 Å². The van der Waals surface area contributed by atoms with Crippen LogP contribution in [0.3, 0.4) is 0 Å². The number of hydrogen-bond acceptors (Lipinski definition) is 4. The molecule has 0 saturated carbocycles. The highest BCUT2D eigenvalue weighted by Crippen LogP contribution is 2.33. The molecule has 0 aromatic heterocycles. The van der Waals surface area contributed by atoms with Gasteiger partial charge in [0.1, 0.15) is 5.75 Å². The van der Waals surface area contributed by atoms with Crippen molar-refractivity contribution >= 4 is 17.5 Å². The highest BCUT2D eigenvalue weighted by atomic mass is 16.5. The van der Waals surface area contributed by atoms with Gasteiger partial charge in [-0.25, -0.2) is 0 Å². The van der Waals surface area contributed by atoms with Crippen LogP contribution in [-0.2, 0) is 9.59 Å². The molecule has 0 radical (unpaired) electrons. The van der Waals surface area contributed by atoms with E-state index in [2.05, 4.69) is 24.4 Å². The van der Waals surface area contributed by atoms with Crippen LogP contribution in [0.25, 0.3) is 0 Å². The predicted octanol–water partition coefficient (Wildman–Crippen LogP) is 2.22. The van der Waals surface area contributed by atoms with Gasteiger partial charge in [0, 0.05) is 13.1 Å². The Morgan fingerprint density at radius 3 is 2.56 bits per heavy atom. The maximum atomic E-state index is 13.1. The number of carbonyl (C=O) groups is 2. The maximum Gasteiger partial charge on any atom is 0.262 e. The third-order valence-electron chi connectivity index (χ3n) is 4.94. The zero-order valence-electron chi connectivity index (χ0n) is 15.9. The van der Waals surface area contributed by atoms with Crippen LogP contribution in [0.5, 0.6) is 5.75 Å². The molecule has 0 fully saturated rings. The second-order valence-electron chi connectivity index (χ2n) is 6.69. The maximum absolute atomic E-state index is 13.1. The Hall–Kier alpha value is -2.86. The summed E-state index contributed by atoms with van der Waals surface area (Å²) in [4.78, 5) is 28.8. The zero-order chi connectivity index (χ0) is 19.4. The number of rotatable bonds is 5. The Balaban J connectivity index is 1.77. The molecular formula is C21H25N3O3. The molecule has 6 nitrogen and oxygen atoms in total. The first kappa shape index (κ1) is 18.9. The van der Waals surface area contributed by atoms with Gasteiger partial charge in [-0.05, 0) is 31.7 Å². The van der Waals surface area contributed by atoms with Crippen LogP contribution in [0, 0.1) is 0 Å². The van der Waals surface area contributed by atoms with Crippen molar-refractivity contribution in [3.63, 3.8) is 0 Å². The Morgan fingerprint density at radius 2 is 1.85 bits per heavy atom. The number of nitrogens with one attached hydrogen (secondary N) is 1. The lowest BCUT2D eigenvalue weighted by Crippen LogP contribution is -2.52. The predicted molar refractivity (Wildman–Crippen MR) is 105 cm³/mol. The lowest BCUT2D eigenvalue weighted by Gasteiger charge is -2.35. The van der Waals surface area contributed by atoms with Gasteiger partial charge in [0.15, 0.2) is 6.10 Å². The van der Waals surface area contributed by atoms with Crippen molar-refractivity contribution in [2.75, 3.05) is 32.1 Å². The van der Waals surface area contributed by atoms with E-state index >= 15 is 0 Å². The Bertz CT molecular complexity index is 809. The van der Waals surface area contributed by atoms with Gasteiger partial charge in [0.25, 0.3) is 5.91 Å². The molecule has 0 spiro atoms. The number of likely N-dealkylation sites (N-methyl/N-ethyl adjacent to an activating group) is 2. The highest BCUT2D eigenvalue weighted by Gasteiger charge is 2.33. The van der Waals surface area contributed by atoms with Crippen molar-refractivity contribution in [2.45, 2.75) is 19.1 Å². The summed E-state index contributed by atoms with van der Waals surface area (Å²) in [5.41, 5.74) is 1.85. The van der Waals surface area contributed by atoms with E-state index in [9.17, 15) is 9.59 Å². The fraction of sp³-hybridized carbons (Fsp3) is 0.333. The molecule has 1 N–H and O–H groups in total. The number of carbonyl (C=O) groups excluding carboxylic acids is 2. The normalized spacial score (nSPS) is 17.0. The fourth-order valence-electron chi connectivity index (χ4n) is 3.19. The van der Waals surface area contributed by atoms with Crippen molar-refractivity contribution in [1.29, 1.82) is 0 Å². The summed E-state index contributed by atoms with van der Waals surface area (Å²) in [6, 6.07) is 17.5. The summed E-state index contributed by atoms with van der Waals surface area (Å²) in [6.45, 7) is 2.51. The second kappa shape index (κ2) is 8.22. The lowest BCUT2D eigenvalue weighted by atomic mass is 10.1. The van der Waals surface area contributed by atoms with Crippen LogP contribution in [0.15, 0.2) is 54.6 Å². The SMILES string of the molecule is CNC(=O)C1CN(C(=O)CN(C)C(C)c2ccccc2)c2ccccc2O1. The van der Waals surface area contributed by atoms with E-state index in [4.69, 9.17) is 4.74 Å². The van der Waals surface area contributed by atoms with E-state index in [1.165, 1.54) is 0 Å². The third kappa shape index (κ3) is 4.11. The fourth-order valence-corrected chi connectivity index (χ4v) is 3.19. The summed E-state index contributed by atoms with van der Waals surface area (Å²) in [6.07, 6.45) is -0.717. The van der Waals surface area contributed by atoms with Gasteiger partial charge in [-0.1, -0.05) is 42.5 Å². The number of anilines is 1. The van der Waals surface area contributed by atoms with E-state index in [-0.39, 0.29) is 30.9 Å². The van der Waals surface area contributed by atoms with E-state index in [0.717, 1.165) is 5.56 Å². The molecule has 0 saturated heterocycles. The third-order valence-corrected chi connectivity index (χ3v) is 4.94. The molecule has 2 aromatic carbocycles. The molecule has 1 aliphatic rings. The summed E-state index contributed by atoms with van der Waals surface area (Å²) >= 11 is 0. The number of nitrogens with zero attached hydrogens (tertiary/aromatic N) is 2. The molecule has 2 amide bonds. The first-order valence-corrected chi connectivity index (χ1v) is 9.04. The van der Waals surface area contributed by atoms with E-state index in [1.807, 2.05) is 48.3 Å². The number of fused-ring (bicyclic) bond motifs is 1. The van der Waals surface area contributed by atoms with Crippen LogP contribution in [-0.4, -0.2) is 50.0 Å². The van der Waals surface area contributed by atoms with Crippen molar-refractivity contribution in [2.24, 2.45) is 0 Å². The second-order valence-corrected chi connectivity index (χ2v) is 6.69. The van der Waals surface area contributed by atoms with E-state index in [1.54, 1.807) is 18.0 Å². The zero-order valence-corrected chi connectivity index (χ0v) is 15.9. The highest BCUT2D eigenvalue weighted by molar-refractivity contribution is 5.98. The van der Waals surface area contributed by atoms with Crippen molar-refractivity contribution in [3.8, 4) is 5.75 Å². The molecule has 2 atom stereocenters. The minimum atomic E-state index is -0.717. The molecule has 0 bridgehead atoms. The van der Waals surface area contributed by atoms with Crippen molar-refractivity contribution in [3.05, 3.63) is 60.2 Å². The van der Waals surface area contributed by atoms with Crippen LogP contribution < -0.4 is 15.0 Å². The first-order chi connectivity index (χ1) is 13.0. The molecule has 6 heteroatoms. The van der Waals surface area contributed by atoms with Crippen LogP contribution in [0.1, 0.15) is 18.5 Å². The standard InChI is InChI=1S/C21H25N3O3/c1-15(16-9-5-4-6-10-16)23(3)14-20(25)24-13-19(21(26)22-2)27-18-12-8-7-11-17(18)24/h4-12,15,19H,13-14H2,1-3H3,(H,22,26). The summed E-state index contributed by atoms with van der Waals surface area (Å²) in [7, 11) is 3.49. The number of amides is 2. The Kier molecular flexibility index (Phi) is 5.76. The van der Waals surface area contributed by atoms with Gasteiger partial charge in [0.05, 0.1) is 18.8 Å².